The van der Waals surface area contributed by atoms with Gasteiger partial charge in [0, 0.05) is 5.69 Å². The van der Waals surface area contributed by atoms with E-state index >= 15 is 0 Å². The Bertz CT molecular complexity index is 751. The fraction of sp³-hybridized carbons (Fsp3) is 0.0833. The molecule has 0 atom stereocenters. The number of hydrogen-bond donors (Lipinski definition) is 2. The summed E-state index contributed by atoms with van der Waals surface area (Å²) in [6.07, 6.45) is 3.08. The first-order valence-electron chi connectivity index (χ1n) is 6.03. The van der Waals surface area contributed by atoms with Crippen molar-refractivity contribution in [2.75, 3.05) is 11.1 Å². The van der Waals surface area contributed by atoms with Crippen LogP contribution in [0.4, 0.5) is 11.5 Å². The van der Waals surface area contributed by atoms with Crippen LogP contribution in [0.5, 0.6) is 0 Å². The summed E-state index contributed by atoms with van der Waals surface area (Å²) in [6.45, 7) is 0.553. The van der Waals surface area contributed by atoms with Crippen molar-refractivity contribution in [2.24, 2.45) is 0 Å². The van der Waals surface area contributed by atoms with Crippen molar-refractivity contribution < 1.29 is 9.42 Å². The zero-order valence-corrected chi connectivity index (χ0v) is 10.8. The molecule has 0 saturated carbocycles. The van der Waals surface area contributed by atoms with E-state index in [0.717, 1.165) is 5.56 Å². The minimum absolute atomic E-state index is 0.0447. The second-order valence-corrected chi connectivity index (χ2v) is 4.25. The van der Waals surface area contributed by atoms with Gasteiger partial charge in [0.05, 0.1) is 6.54 Å². The van der Waals surface area contributed by atoms with Gasteiger partial charge in [-0.25, -0.2) is 14.3 Å². The SMILES string of the molecule is Nc1nonc1C(=O)Nc1cccc(Cn2cncn2)c1. The molecule has 0 aliphatic rings. The molecule has 1 amide bonds. The van der Waals surface area contributed by atoms with Crippen LogP contribution in [0.2, 0.25) is 0 Å². The molecule has 106 valence electrons. The van der Waals surface area contributed by atoms with Crippen LogP contribution in [-0.2, 0) is 6.54 Å². The van der Waals surface area contributed by atoms with Gasteiger partial charge in [-0.3, -0.25) is 4.79 Å². The van der Waals surface area contributed by atoms with Crippen molar-refractivity contribution in [1.29, 1.82) is 0 Å². The van der Waals surface area contributed by atoms with Crippen molar-refractivity contribution in [3.05, 3.63) is 48.2 Å². The number of nitrogens with one attached hydrogen (secondary N) is 1. The van der Waals surface area contributed by atoms with Crippen LogP contribution in [0.25, 0.3) is 0 Å². The Morgan fingerprint density at radius 3 is 3.00 bits per heavy atom. The number of anilines is 2. The Labute approximate surface area is 118 Å². The molecule has 21 heavy (non-hydrogen) atoms. The number of rotatable bonds is 4. The summed E-state index contributed by atoms with van der Waals surface area (Å²) in [5.41, 5.74) is 7.00. The van der Waals surface area contributed by atoms with E-state index in [4.69, 9.17) is 5.73 Å². The van der Waals surface area contributed by atoms with E-state index < -0.39 is 5.91 Å². The average Bonchev–Trinajstić information content (AvgIpc) is 3.10. The summed E-state index contributed by atoms with van der Waals surface area (Å²) in [5.74, 6) is -0.530. The molecular formula is C12H11N7O2. The van der Waals surface area contributed by atoms with E-state index in [2.05, 4.69) is 30.3 Å². The number of aromatic nitrogens is 5. The number of nitrogens with zero attached hydrogens (tertiary/aromatic N) is 5. The maximum Gasteiger partial charge on any atom is 0.281 e. The molecule has 9 heteroatoms. The van der Waals surface area contributed by atoms with E-state index in [0.29, 0.717) is 12.2 Å². The van der Waals surface area contributed by atoms with Crippen LogP contribution in [-0.4, -0.2) is 31.0 Å². The Morgan fingerprint density at radius 1 is 1.38 bits per heavy atom. The van der Waals surface area contributed by atoms with Gasteiger partial charge in [0.15, 0.2) is 0 Å². The average molecular weight is 285 g/mol. The van der Waals surface area contributed by atoms with Crippen LogP contribution < -0.4 is 11.1 Å². The lowest BCUT2D eigenvalue weighted by atomic mass is 10.2. The van der Waals surface area contributed by atoms with Crippen molar-refractivity contribution in [3.8, 4) is 0 Å². The molecule has 2 heterocycles. The summed E-state index contributed by atoms with van der Waals surface area (Å²) in [5, 5.41) is 13.5. The van der Waals surface area contributed by atoms with Gasteiger partial charge in [0.1, 0.15) is 12.7 Å². The van der Waals surface area contributed by atoms with E-state index in [-0.39, 0.29) is 11.5 Å². The zero-order chi connectivity index (χ0) is 14.7. The Kier molecular flexibility index (Phi) is 3.29. The Morgan fingerprint density at radius 2 is 2.29 bits per heavy atom. The molecule has 9 nitrogen and oxygen atoms in total. The molecule has 0 aliphatic carbocycles. The van der Waals surface area contributed by atoms with Crippen molar-refractivity contribution >= 4 is 17.4 Å². The Balaban J connectivity index is 1.74. The van der Waals surface area contributed by atoms with Crippen LogP contribution >= 0.6 is 0 Å². The maximum absolute atomic E-state index is 11.9. The highest BCUT2D eigenvalue weighted by molar-refractivity contribution is 6.05. The number of nitrogen functional groups attached to an aromatic ring is 1. The summed E-state index contributed by atoms with van der Waals surface area (Å²) in [6, 6.07) is 7.32. The highest BCUT2D eigenvalue weighted by Gasteiger charge is 2.16. The third kappa shape index (κ3) is 2.86. The molecule has 2 aromatic heterocycles. The van der Waals surface area contributed by atoms with Gasteiger partial charge in [-0.2, -0.15) is 5.10 Å². The molecule has 0 unspecified atom stereocenters. The number of hydrogen-bond acceptors (Lipinski definition) is 7. The number of benzene rings is 1. The molecule has 1 aromatic carbocycles. The van der Waals surface area contributed by atoms with E-state index in [1.165, 1.54) is 6.33 Å². The fourth-order valence-electron chi connectivity index (χ4n) is 1.79. The quantitative estimate of drug-likeness (QED) is 0.716. The highest BCUT2D eigenvalue weighted by atomic mass is 16.6. The van der Waals surface area contributed by atoms with Gasteiger partial charge in [0.25, 0.3) is 5.91 Å². The molecule has 3 aromatic rings. The monoisotopic (exact) mass is 285 g/mol. The minimum Gasteiger partial charge on any atom is -0.379 e. The first kappa shape index (κ1) is 12.8. The topological polar surface area (TPSA) is 125 Å². The first-order chi connectivity index (χ1) is 10.2. The highest BCUT2D eigenvalue weighted by Crippen LogP contribution is 2.14. The van der Waals surface area contributed by atoms with Crippen LogP contribution in [0, 0.1) is 0 Å². The normalized spacial score (nSPS) is 10.5. The summed E-state index contributed by atoms with van der Waals surface area (Å²) >= 11 is 0. The molecule has 3 rings (SSSR count). The molecular weight excluding hydrogens is 274 g/mol. The maximum atomic E-state index is 11.9. The van der Waals surface area contributed by atoms with Crippen molar-refractivity contribution in [1.82, 2.24) is 25.1 Å². The largest absolute Gasteiger partial charge is 0.379 e. The second-order valence-electron chi connectivity index (χ2n) is 4.25. The molecule has 0 saturated heterocycles. The third-order valence-electron chi connectivity index (χ3n) is 2.72. The van der Waals surface area contributed by atoms with E-state index in [1.807, 2.05) is 18.2 Å². The number of nitrogens with two attached hydrogens (primary N) is 1. The van der Waals surface area contributed by atoms with Crippen LogP contribution in [0.15, 0.2) is 41.5 Å². The van der Waals surface area contributed by atoms with Gasteiger partial charge in [-0.05, 0) is 28.0 Å². The van der Waals surface area contributed by atoms with Gasteiger partial charge < -0.3 is 11.1 Å². The van der Waals surface area contributed by atoms with Gasteiger partial charge >= 0.3 is 0 Å². The lowest BCUT2D eigenvalue weighted by Crippen LogP contribution is -2.14. The predicted octanol–water partition coefficient (Wildman–Crippen LogP) is 0.544. The Hall–Kier alpha value is -3.23. The standard InChI is InChI=1S/C12H11N7O2/c13-11-10(17-21-18-11)12(20)16-9-3-1-2-8(4-9)5-19-7-14-6-15-19/h1-4,6-7H,5H2,(H2,13,18)(H,16,20). The van der Waals surface area contributed by atoms with Crippen LogP contribution in [0.1, 0.15) is 16.1 Å². The fourth-order valence-corrected chi connectivity index (χ4v) is 1.79. The predicted molar refractivity (Wildman–Crippen MR) is 72.2 cm³/mol. The molecule has 0 fully saturated rings. The third-order valence-corrected chi connectivity index (χ3v) is 2.72. The number of carbonyl (C=O) groups excluding carboxylic acids is 1. The zero-order valence-electron chi connectivity index (χ0n) is 10.8. The molecule has 0 spiro atoms. The summed E-state index contributed by atoms with van der Waals surface area (Å²) in [7, 11) is 0. The number of carbonyl (C=O) groups is 1. The van der Waals surface area contributed by atoms with Crippen LogP contribution in [0.3, 0.4) is 0 Å². The summed E-state index contributed by atoms with van der Waals surface area (Å²) < 4.78 is 6.07. The van der Waals surface area contributed by atoms with Gasteiger partial charge in [0.2, 0.25) is 11.5 Å². The minimum atomic E-state index is -0.480. The molecule has 3 N–H and O–H groups in total. The van der Waals surface area contributed by atoms with Crippen molar-refractivity contribution in [3.63, 3.8) is 0 Å². The molecule has 0 aliphatic heterocycles. The van der Waals surface area contributed by atoms with E-state index in [1.54, 1.807) is 17.1 Å². The van der Waals surface area contributed by atoms with Crippen molar-refractivity contribution in [2.45, 2.75) is 6.54 Å². The smallest absolute Gasteiger partial charge is 0.281 e. The first-order valence-corrected chi connectivity index (χ1v) is 6.03. The van der Waals surface area contributed by atoms with Gasteiger partial charge in [-0.1, -0.05) is 12.1 Å². The van der Waals surface area contributed by atoms with E-state index in [9.17, 15) is 4.79 Å². The van der Waals surface area contributed by atoms with Gasteiger partial charge in [-0.15, -0.1) is 0 Å². The molecule has 0 radical (unpaired) electrons. The second kappa shape index (κ2) is 5.41. The summed E-state index contributed by atoms with van der Waals surface area (Å²) in [4.78, 5) is 15.8. The lowest BCUT2D eigenvalue weighted by molar-refractivity contribution is 0.101. The molecule has 0 bridgehead atoms. The number of amides is 1. The lowest BCUT2D eigenvalue weighted by Gasteiger charge is -2.06.